The maximum atomic E-state index is 12.9. The lowest BCUT2D eigenvalue weighted by atomic mass is 10.1. The first-order valence-electron chi connectivity index (χ1n) is 9.39. The third-order valence-electron chi connectivity index (χ3n) is 4.56. The van der Waals surface area contributed by atoms with Gasteiger partial charge in [0.15, 0.2) is 0 Å². The Labute approximate surface area is 165 Å². The lowest BCUT2D eigenvalue weighted by molar-refractivity contribution is 0.0949. The fourth-order valence-corrected chi connectivity index (χ4v) is 3.03. The monoisotopic (exact) mass is 372 g/mol. The van der Waals surface area contributed by atoms with E-state index in [0.717, 1.165) is 16.8 Å². The molecule has 0 spiro atoms. The van der Waals surface area contributed by atoms with Crippen LogP contribution in [0.15, 0.2) is 78.9 Å². The lowest BCUT2D eigenvalue weighted by Crippen LogP contribution is -2.30. The van der Waals surface area contributed by atoms with Crippen LogP contribution in [-0.2, 0) is 6.54 Å². The van der Waals surface area contributed by atoms with Crippen LogP contribution in [0.25, 0.3) is 0 Å². The third kappa shape index (κ3) is 4.65. The van der Waals surface area contributed by atoms with Gasteiger partial charge in [-0.1, -0.05) is 42.5 Å². The molecular weight excluding hydrogens is 348 g/mol. The number of benzene rings is 3. The molecule has 0 bridgehead atoms. The maximum absolute atomic E-state index is 12.9. The summed E-state index contributed by atoms with van der Waals surface area (Å²) in [6.45, 7) is 4.99. The topological polar surface area (TPSA) is 49.4 Å². The van der Waals surface area contributed by atoms with Crippen molar-refractivity contribution in [2.24, 2.45) is 0 Å². The number of nitrogens with zero attached hydrogens (tertiary/aromatic N) is 1. The summed E-state index contributed by atoms with van der Waals surface area (Å²) in [6.07, 6.45) is 0. The molecule has 0 radical (unpaired) electrons. The lowest BCUT2D eigenvalue weighted by Gasteiger charge is -2.21. The number of carbonyl (C=O) groups excluding carboxylic acids is 2. The van der Waals surface area contributed by atoms with E-state index >= 15 is 0 Å². The van der Waals surface area contributed by atoms with Gasteiger partial charge in [-0.15, -0.1) is 0 Å². The van der Waals surface area contributed by atoms with Crippen molar-refractivity contribution >= 4 is 17.5 Å². The Morgan fingerprint density at radius 1 is 0.857 bits per heavy atom. The Bertz CT molecular complexity index is 950. The van der Waals surface area contributed by atoms with Crippen molar-refractivity contribution in [1.29, 1.82) is 0 Å². The van der Waals surface area contributed by atoms with Crippen molar-refractivity contribution < 1.29 is 9.59 Å². The molecular formula is C24H24N2O2. The van der Waals surface area contributed by atoms with Gasteiger partial charge in [0.2, 0.25) is 0 Å². The van der Waals surface area contributed by atoms with Crippen LogP contribution in [0.1, 0.15) is 38.8 Å². The number of hydrogen-bond acceptors (Lipinski definition) is 2. The molecule has 4 heteroatoms. The second-order valence-electron chi connectivity index (χ2n) is 6.63. The van der Waals surface area contributed by atoms with E-state index in [9.17, 15) is 9.59 Å². The fourth-order valence-electron chi connectivity index (χ4n) is 3.03. The summed E-state index contributed by atoms with van der Waals surface area (Å²) in [7, 11) is 0. The van der Waals surface area contributed by atoms with Crippen LogP contribution in [-0.4, -0.2) is 18.4 Å². The summed E-state index contributed by atoms with van der Waals surface area (Å²) in [4.78, 5) is 26.8. The molecule has 1 N–H and O–H groups in total. The molecule has 0 unspecified atom stereocenters. The van der Waals surface area contributed by atoms with Crippen LogP contribution in [0.5, 0.6) is 0 Å². The van der Waals surface area contributed by atoms with Gasteiger partial charge in [0, 0.05) is 29.9 Å². The van der Waals surface area contributed by atoms with Gasteiger partial charge < -0.3 is 10.2 Å². The van der Waals surface area contributed by atoms with Gasteiger partial charge in [0.1, 0.15) is 0 Å². The smallest absolute Gasteiger partial charge is 0.258 e. The van der Waals surface area contributed by atoms with E-state index in [4.69, 9.17) is 0 Å². The first-order chi connectivity index (χ1) is 13.6. The minimum absolute atomic E-state index is 0.0343. The van der Waals surface area contributed by atoms with Crippen LogP contribution >= 0.6 is 0 Å². The number of carbonyl (C=O) groups is 2. The fraction of sp³-hybridized carbons (Fsp3) is 0.167. The van der Waals surface area contributed by atoms with Crippen LogP contribution in [0.2, 0.25) is 0 Å². The molecule has 0 saturated heterocycles. The van der Waals surface area contributed by atoms with Crippen molar-refractivity contribution in [3.8, 4) is 0 Å². The molecule has 0 saturated carbocycles. The van der Waals surface area contributed by atoms with E-state index in [-0.39, 0.29) is 11.8 Å². The summed E-state index contributed by atoms with van der Waals surface area (Å²) in [5, 5.41) is 2.90. The number of anilines is 1. The Morgan fingerprint density at radius 3 is 2.21 bits per heavy atom. The number of aryl methyl sites for hydroxylation is 1. The van der Waals surface area contributed by atoms with E-state index in [1.165, 1.54) is 0 Å². The largest absolute Gasteiger partial charge is 0.348 e. The molecule has 3 rings (SSSR count). The Morgan fingerprint density at radius 2 is 1.57 bits per heavy atom. The van der Waals surface area contributed by atoms with Crippen LogP contribution in [0, 0.1) is 6.92 Å². The highest BCUT2D eigenvalue weighted by Crippen LogP contribution is 2.19. The molecule has 0 atom stereocenters. The third-order valence-corrected chi connectivity index (χ3v) is 4.56. The average Bonchev–Trinajstić information content (AvgIpc) is 2.73. The van der Waals surface area contributed by atoms with Crippen molar-refractivity contribution in [3.63, 3.8) is 0 Å². The van der Waals surface area contributed by atoms with Gasteiger partial charge in [0.25, 0.3) is 11.8 Å². The van der Waals surface area contributed by atoms with Gasteiger partial charge in [-0.25, -0.2) is 0 Å². The maximum Gasteiger partial charge on any atom is 0.258 e. The SMILES string of the molecule is CCN(C(=O)c1ccc(CNC(=O)c2ccccc2)cc1)c1cccc(C)c1. The number of amides is 2. The average molecular weight is 372 g/mol. The molecule has 0 fully saturated rings. The van der Waals surface area contributed by atoms with Gasteiger partial charge in [-0.05, 0) is 61.4 Å². The standard InChI is InChI=1S/C24H24N2O2/c1-3-26(22-11-7-8-18(2)16-22)24(28)21-14-12-19(13-15-21)17-25-23(27)20-9-5-4-6-10-20/h4-16H,3,17H2,1-2H3,(H,25,27). The van der Waals surface area contributed by atoms with Gasteiger partial charge in [0.05, 0.1) is 0 Å². The molecule has 142 valence electrons. The first kappa shape index (κ1) is 19.4. The van der Waals surface area contributed by atoms with Crippen LogP contribution in [0.4, 0.5) is 5.69 Å². The summed E-state index contributed by atoms with van der Waals surface area (Å²) < 4.78 is 0. The van der Waals surface area contributed by atoms with E-state index in [0.29, 0.717) is 24.2 Å². The molecule has 2 amide bonds. The zero-order chi connectivity index (χ0) is 19.9. The van der Waals surface area contributed by atoms with Crippen molar-refractivity contribution in [1.82, 2.24) is 5.32 Å². The highest BCUT2D eigenvalue weighted by atomic mass is 16.2. The predicted molar refractivity (Wildman–Crippen MR) is 113 cm³/mol. The predicted octanol–water partition coefficient (Wildman–Crippen LogP) is 4.59. The van der Waals surface area contributed by atoms with Gasteiger partial charge in [-0.2, -0.15) is 0 Å². The van der Waals surface area contributed by atoms with E-state index in [2.05, 4.69) is 5.32 Å². The molecule has 0 aliphatic rings. The molecule has 0 aliphatic carbocycles. The van der Waals surface area contributed by atoms with Crippen LogP contribution in [0.3, 0.4) is 0 Å². The Kier molecular flexibility index (Phi) is 6.22. The number of hydrogen-bond donors (Lipinski definition) is 1. The Balaban J connectivity index is 1.66. The molecule has 0 heterocycles. The van der Waals surface area contributed by atoms with Crippen molar-refractivity contribution in [3.05, 3.63) is 101 Å². The minimum atomic E-state index is -0.114. The minimum Gasteiger partial charge on any atom is -0.348 e. The molecule has 0 aromatic heterocycles. The zero-order valence-electron chi connectivity index (χ0n) is 16.2. The molecule has 28 heavy (non-hydrogen) atoms. The zero-order valence-corrected chi connectivity index (χ0v) is 16.2. The molecule has 0 aliphatic heterocycles. The number of rotatable bonds is 6. The highest BCUT2D eigenvalue weighted by molar-refractivity contribution is 6.06. The van der Waals surface area contributed by atoms with Crippen molar-refractivity contribution in [2.45, 2.75) is 20.4 Å². The summed E-state index contributed by atoms with van der Waals surface area (Å²) >= 11 is 0. The van der Waals surface area contributed by atoms with E-state index in [1.807, 2.05) is 80.6 Å². The summed E-state index contributed by atoms with van der Waals surface area (Å²) in [6, 6.07) is 24.4. The number of nitrogens with one attached hydrogen (secondary N) is 1. The van der Waals surface area contributed by atoms with Gasteiger partial charge in [-0.3, -0.25) is 9.59 Å². The summed E-state index contributed by atoms with van der Waals surface area (Å²) in [5.41, 5.74) is 4.21. The molecule has 3 aromatic rings. The highest BCUT2D eigenvalue weighted by Gasteiger charge is 2.16. The Hall–Kier alpha value is -3.40. The normalized spacial score (nSPS) is 10.4. The molecule has 4 nitrogen and oxygen atoms in total. The first-order valence-corrected chi connectivity index (χ1v) is 9.39. The van der Waals surface area contributed by atoms with Crippen molar-refractivity contribution in [2.75, 3.05) is 11.4 Å². The van der Waals surface area contributed by atoms with E-state index < -0.39 is 0 Å². The molecule has 3 aromatic carbocycles. The second kappa shape index (κ2) is 9.00. The second-order valence-corrected chi connectivity index (χ2v) is 6.63. The quantitative estimate of drug-likeness (QED) is 0.688. The summed E-state index contributed by atoms with van der Waals surface area (Å²) in [5.74, 6) is -0.148. The van der Waals surface area contributed by atoms with Crippen LogP contribution < -0.4 is 10.2 Å². The van der Waals surface area contributed by atoms with E-state index in [1.54, 1.807) is 17.0 Å². The van der Waals surface area contributed by atoms with Gasteiger partial charge >= 0.3 is 0 Å².